The molecule has 0 aromatic carbocycles. The second kappa shape index (κ2) is 6.47. The third kappa shape index (κ3) is 4.50. The molecule has 17 heavy (non-hydrogen) atoms. The van der Waals surface area contributed by atoms with Crippen molar-refractivity contribution >= 4 is 17.5 Å². The van der Waals surface area contributed by atoms with Crippen molar-refractivity contribution in [2.45, 2.75) is 13.3 Å². The molecule has 4 N–H and O–H groups in total. The normalized spacial score (nSPS) is 9.71. The van der Waals surface area contributed by atoms with Crippen LogP contribution in [0, 0.1) is 0 Å². The van der Waals surface area contributed by atoms with E-state index in [1.807, 2.05) is 6.92 Å². The molecule has 6 nitrogen and oxygen atoms in total. The van der Waals surface area contributed by atoms with Gasteiger partial charge in [0, 0.05) is 31.4 Å². The monoisotopic (exact) mass is 236 g/mol. The number of hydrogen-bond acceptors (Lipinski definition) is 4. The third-order valence-electron chi connectivity index (χ3n) is 2.03. The van der Waals surface area contributed by atoms with E-state index < -0.39 is 5.91 Å². The molecule has 1 aromatic rings. The highest BCUT2D eigenvalue weighted by Crippen LogP contribution is 2.07. The van der Waals surface area contributed by atoms with Crippen molar-refractivity contribution in [3.8, 4) is 0 Å². The van der Waals surface area contributed by atoms with E-state index in [2.05, 4.69) is 15.6 Å². The van der Waals surface area contributed by atoms with Gasteiger partial charge in [-0.25, -0.2) is 0 Å². The predicted molar refractivity (Wildman–Crippen MR) is 64.5 cm³/mol. The summed E-state index contributed by atoms with van der Waals surface area (Å²) in [6, 6.07) is 3.44. The maximum Gasteiger partial charge on any atom is 0.269 e. The molecular formula is C11H16N4O2. The number of carbonyl (C=O) groups is 2. The molecule has 0 aliphatic rings. The summed E-state index contributed by atoms with van der Waals surface area (Å²) in [4.78, 5) is 26.1. The van der Waals surface area contributed by atoms with Crippen LogP contribution in [0.15, 0.2) is 18.3 Å². The number of aromatic nitrogens is 1. The fourth-order valence-corrected chi connectivity index (χ4v) is 1.26. The van der Waals surface area contributed by atoms with Crippen molar-refractivity contribution in [2.75, 3.05) is 18.4 Å². The van der Waals surface area contributed by atoms with Crippen LogP contribution < -0.4 is 16.4 Å². The Morgan fingerprint density at radius 1 is 1.47 bits per heavy atom. The van der Waals surface area contributed by atoms with Crippen LogP contribution in [0.3, 0.4) is 0 Å². The molecular weight excluding hydrogens is 220 g/mol. The highest BCUT2D eigenvalue weighted by molar-refractivity contribution is 5.93. The van der Waals surface area contributed by atoms with Crippen LogP contribution in [-0.2, 0) is 4.79 Å². The number of nitrogens with two attached hydrogens (primary N) is 1. The van der Waals surface area contributed by atoms with Crippen LogP contribution in [0.25, 0.3) is 0 Å². The lowest BCUT2D eigenvalue weighted by atomic mass is 10.3. The summed E-state index contributed by atoms with van der Waals surface area (Å²) in [5.74, 6) is -0.759. The molecule has 6 heteroatoms. The van der Waals surface area contributed by atoms with Gasteiger partial charge in [0.05, 0.1) is 0 Å². The molecule has 1 aromatic heterocycles. The molecule has 0 fully saturated rings. The Bertz CT molecular complexity index is 406. The molecule has 0 aliphatic carbocycles. The summed E-state index contributed by atoms with van der Waals surface area (Å²) in [5, 5.41) is 5.65. The molecule has 0 spiro atoms. The number of anilines is 1. The lowest BCUT2D eigenvalue weighted by Gasteiger charge is -2.06. The van der Waals surface area contributed by atoms with Gasteiger partial charge in [-0.1, -0.05) is 0 Å². The fourth-order valence-electron chi connectivity index (χ4n) is 1.26. The Labute approximate surface area is 99.6 Å². The van der Waals surface area contributed by atoms with E-state index in [1.165, 1.54) is 0 Å². The van der Waals surface area contributed by atoms with Crippen LogP contribution in [-0.4, -0.2) is 29.9 Å². The fraction of sp³-hybridized carbons (Fsp3) is 0.364. The summed E-state index contributed by atoms with van der Waals surface area (Å²) in [7, 11) is 0. The molecule has 0 saturated heterocycles. The summed E-state index contributed by atoms with van der Waals surface area (Å²) in [6.45, 7) is 2.96. The minimum absolute atomic E-state index is 0.124. The topological polar surface area (TPSA) is 97.1 Å². The van der Waals surface area contributed by atoms with Crippen molar-refractivity contribution in [1.82, 2.24) is 10.3 Å². The number of amides is 2. The number of nitrogens with one attached hydrogen (secondary N) is 2. The largest absolute Gasteiger partial charge is 0.385 e. The number of rotatable bonds is 6. The van der Waals surface area contributed by atoms with Crippen LogP contribution >= 0.6 is 0 Å². The lowest BCUT2D eigenvalue weighted by molar-refractivity contribution is -0.117. The molecule has 0 saturated carbocycles. The molecule has 0 aliphatic heterocycles. The van der Waals surface area contributed by atoms with Gasteiger partial charge in [0.2, 0.25) is 5.91 Å². The Kier molecular flexibility index (Phi) is 4.93. The minimum atomic E-state index is -0.445. The van der Waals surface area contributed by atoms with E-state index in [-0.39, 0.29) is 18.9 Å². The summed E-state index contributed by atoms with van der Waals surface area (Å²) in [5.41, 5.74) is 6.11. The quantitative estimate of drug-likeness (QED) is 0.653. The maximum atomic E-state index is 11.6. The second-order valence-electron chi connectivity index (χ2n) is 3.43. The van der Waals surface area contributed by atoms with E-state index in [0.29, 0.717) is 5.69 Å². The first-order chi connectivity index (χ1) is 8.13. The zero-order valence-corrected chi connectivity index (χ0v) is 9.69. The molecule has 0 unspecified atom stereocenters. The van der Waals surface area contributed by atoms with E-state index in [0.717, 1.165) is 12.2 Å². The zero-order chi connectivity index (χ0) is 12.7. The SMILES string of the molecule is CCNc1ccnc(C(=O)NCCC(N)=O)c1. The number of primary amides is 1. The van der Waals surface area contributed by atoms with Gasteiger partial charge < -0.3 is 16.4 Å². The number of carbonyl (C=O) groups excluding carboxylic acids is 2. The highest BCUT2D eigenvalue weighted by atomic mass is 16.2. The van der Waals surface area contributed by atoms with Gasteiger partial charge in [0.25, 0.3) is 5.91 Å². The average molecular weight is 236 g/mol. The first-order valence-electron chi connectivity index (χ1n) is 5.40. The maximum absolute atomic E-state index is 11.6. The van der Waals surface area contributed by atoms with Gasteiger partial charge in [0.15, 0.2) is 0 Å². The van der Waals surface area contributed by atoms with Crippen molar-refractivity contribution in [2.24, 2.45) is 5.73 Å². The van der Waals surface area contributed by atoms with Gasteiger partial charge in [-0.05, 0) is 19.1 Å². The summed E-state index contributed by atoms with van der Waals surface area (Å²) < 4.78 is 0. The van der Waals surface area contributed by atoms with Gasteiger partial charge in [-0.15, -0.1) is 0 Å². The van der Waals surface area contributed by atoms with Gasteiger partial charge in [0.1, 0.15) is 5.69 Å². The molecule has 0 radical (unpaired) electrons. The predicted octanol–water partition coefficient (Wildman–Crippen LogP) is 0.119. The Balaban J connectivity index is 2.56. The number of hydrogen-bond donors (Lipinski definition) is 3. The molecule has 92 valence electrons. The van der Waals surface area contributed by atoms with Crippen molar-refractivity contribution in [3.63, 3.8) is 0 Å². The van der Waals surface area contributed by atoms with E-state index >= 15 is 0 Å². The molecule has 0 atom stereocenters. The molecule has 2 amide bonds. The van der Waals surface area contributed by atoms with Crippen LogP contribution in [0.5, 0.6) is 0 Å². The van der Waals surface area contributed by atoms with E-state index in [4.69, 9.17) is 5.73 Å². The van der Waals surface area contributed by atoms with Crippen molar-refractivity contribution in [1.29, 1.82) is 0 Å². The van der Waals surface area contributed by atoms with E-state index in [9.17, 15) is 9.59 Å². The minimum Gasteiger partial charge on any atom is -0.385 e. The van der Waals surface area contributed by atoms with Crippen LogP contribution in [0.1, 0.15) is 23.8 Å². The smallest absolute Gasteiger partial charge is 0.269 e. The van der Waals surface area contributed by atoms with Gasteiger partial charge in [-0.2, -0.15) is 0 Å². The molecule has 1 heterocycles. The zero-order valence-electron chi connectivity index (χ0n) is 9.69. The highest BCUT2D eigenvalue weighted by Gasteiger charge is 2.07. The average Bonchev–Trinajstić information content (AvgIpc) is 2.29. The Hall–Kier alpha value is -2.11. The first-order valence-corrected chi connectivity index (χ1v) is 5.40. The molecule has 1 rings (SSSR count). The van der Waals surface area contributed by atoms with Crippen molar-refractivity contribution < 1.29 is 9.59 Å². The second-order valence-corrected chi connectivity index (χ2v) is 3.43. The van der Waals surface area contributed by atoms with E-state index in [1.54, 1.807) is 18.3 Å². The standard InChI is InChI=1S/C11H16N4O2/c1-2-13-8-3-5-14-9(7-8)11(17)15-6-4-10(12)16/h3,5,7H,2,4,6H2,1H3,(H2,12,16)(H,13,14)(H,15,17). The van der Waals surface area contributed by atoms with Crippen molar-refractivity contribution in [3.05, 3.63) is 24.0 Å². The number of pyridine rings is 1. The van der Waals surface area contributed by atoms with Gasteiger partial charge >= 0.3 is 0 Å². The third-order valence-corrected chi connectivity index (χ3v) is 2.03. The van der Waals surface area contributed by atoms with Crippen LogP contribution in [0.4, 0.5) is 5.69 Å². The molecule has 0 bridgehead atoms. The number of nitrogens with zero attached hydrogens (tertiary/aromatic N) is 1. The Morgan fingerprint density at radius 3 is 2.88 bits per heavy atom. The summed E-state index contributed by atoms with van der Waals surface area (Å²) in [6.07, 6.45) is 1.68. The lowest BCUT2D eigenvalue weighted by Crippen LogP contribution is -2.28. The van der Waals surface area contributed by atoms with Crippen LogP contribution in [0.2, 0.25) is 0 Å². The summed E-state index contributed by atoms with van der Waals surface area (Å²) >= 11 is 0. The first kappa shape index (κ1) is 13.0. The van der Waals surface area contributed by atoms with Gasteiger partial charge in [-0.3, -0.25) is 14.6 Å². The Morgan fingerprint density at radius 2 is 2.24 bits per heavy atom.